The number of hydrogen-bond acceptors (Lipinski definition) is 4. The summed E-state index contributed by atoms with van der Waals surface area (Å²) in [6, 6.07) is 0. The van der Waals surface area contributed by atoms with Gasteiger partial charge in [-0.2, -0.15) is 0 Å². The molecular weight excluding hydrogens is 328 g/mol. The smallest absolute Gasteiger partial charge is 0.307 e. The SMILES string of the molecule is CC#CC(CC)OC(=O)CCCC(=O)OCCCCCCCCCCC. The first-order valence-corrected chi connectivity index (χ1v) is 10.4. The molecule has 0 saturated carbocycles. The first kappa shape index (κ1) is 24.5. The molecule has 0 saturated heterocycles. The van der Waals surface area contributed by atoms with E-state index in [-0.39, 0.29) is 30.9 Å². The first-order chi connectivity index (χ1) is 12.6. The van der Waals surface area contributed by atoms with Crippen LogP contribution in [-0.2, 0) is 19.1 Å². The van der Waals surface area contributed by atoms with Gasteiger partial charge in [0.25, 0.3) is 0 Å². The van der Waals surface area contributed by atoms with Crippen LogP contribution in [0.1, 0.15) is 104 Å². The Labute approximate surface area is 160 Å². The van der Waals surface area contributed by atoms with Crippen molar-refractivity contribution in [1.82, 2.24) is 0 Å². The lowest BCUT2D eigenvalue weighted by molar-refractivity contribution is -0.147. The molecule has 0 radical (unpaired) electrons. The third kappa shape index (κ3) is 16.0. The standard InChI is InChI=1S/C22H38O4/c1-4-7-8-9-10-11-12-13-14-19-25-21(23)17-15-18-22(24)26-20(6-3)16-5-2/h20H,4,6-15,17-19H2,1-3H3. The summed E-state index contributed by atoms with van der Waals surface area (Å²) in [7, 11) is 0. The van der Waals surface area contributed by atoms with Gasteiger partial charge in [-0.05, 0) is 26.2 Å². The lowest BCUT2D eigenvalue weighted by Crippen LogP contribution is -2.16. The molecule has 26 heavy (non-hydrogen) atoms. The van der Waals surface area contributed by atoms with E-state index in [1.165, 1.54) is 44.9 Å². The first-order valence-electron chi connectivity index (χ1n) is 10.4. The van der Waals surface area contributed by atoms with E-state index in [1.807, 2.05) is 6.92 Å². The van der Waals surface area contributed by atoms with Gasteiger partial charge >= 0.3 is 11.9 Å². The van der Waals surface area contributed by atoms with Crippen molar-refractivity contribution < 1.29 is 19.1 Å². The molecule has 4 heteroatoms. The summed E-state index contributed by atoms with van der Waals surface area (Å²) >= 11 is 0. The summed E-state index contributed by atoms with van der Waals surface area (Å²) in [6.45, 7) is 6.37. The van der Waals surface area contributed by atoms with Crippen LogP contribution in [0.25, 0.3) is 0 Å². The fourth-order valence-electron chi connectivity index (χ4n) is 2.64. The second-order valence-electron chi connectivity index (χ2n) is 6.68. The van der Waals surface area contributed by atoms with Gasteiger partial charge in [-0.25, -0.2) is 0 Å². The highest BCUT2D eigenvalue weighted by atomic mass is 16.5. The van der Waals surface area contributed by atoms with Gasteiger partial charge in [-0.3, -0.25) is 9.59 Å². The predicted octanol–water partition coefficient (Wildman–Crippen LogP) is 5.58. The van der Waals surface area contributed by atoms with Crippen LogP contribution in [0.4, 0.5) is 0 Å². The average molecular weight is 367 g/mol. The lowest BCUT2D eigenvalue weighted by atomic mass is 10.1. The predicted molar refractivity (Wildman–Crippen MR) is 106 cm³/mol. The van der Waals surface area contributed by atoms with Gasteiger partial charge < -0.3 is 9.47 Å². The Morgan fingerprint density at radius 1 is 0.808 bits per heavy atom. The molecule has 0 aromatic carbocycles. The van der Waals surface area contributed by atoms with E-state index < -0.39 is 0 Å². The molecule has 0 aromatic heterocycles. The number of unbranched alkanes of at least 4 members (excludes halogenated alkanes) is 8. The van der Waals surface area contributed by atoms with Gasteiger partial charge in [0, 0.05) is 12.8 Å². The van der Waals surface area contributed by atoms with Crippen LogP contribution in [0.15, 0.2) is 0 Å². The molecule has 0 aromatic rings. The molecule has 0 heterocycles. The number of esters is 2. The van der Waals surface area contributed by atoms with Crippen LogP contribution in [0, 0.1) is 11.8 Å². The highest BCUT2D eigenvalue weighted by Gasteiger charge is 2.11. The second-order valence-corrected chi connectivity index (χ2v) is 6.68. The fourth-order valence-corrected chi connectivity index (χ4v) is 2.64. The van der Waals surface area contributed by atoms with Crippen molar-refractivity contribution in [2.24, 2.45) is 0 Å². The zero-order valence-corrected chi connectivity index (χ0v) is 17.1. The van der Waals surface area contributed by atoms with E-state index in [9.17, 15) is 9.59 Å². The maximum Gasteiger partial charge on any atom is 0.307 e. The summed E-state index contributed by atoms with van der Waals surface area (Å²) in [5, 5.41) is 0. The molecule has 0 aliphatic heterocycles. The van der Waals surface area contributed by atoms with E-state index in [1.54, 1.807) is 6.92 Å². The van der Waals surface area contributed by atoms with E-state index in [4.69, 9.17) is 9.47 Å². The number of ether oxygens (including phenoxy) is 2. The van der Waals surface area contributed by atoms with Crippen LogP contribution in [0.5, 0.6) is 0 Å². The second kappa shape index (κ2) is 18.3. The van der Waals surface area contributed by atoms with Crippen LogP contribution in [0.2, 0.25) is 0 Å². The monoisotopic (exact) mass is 366 g/mol. The molecule has 1 atom stereocenters. The normalized spacial score (nSPS) is 11.3. The number of carbonyl (C=O) groups is 2. The van der Waals surface area contributed by atoms with E-state index in [2.05, 4.69) is 18.8 Å². The summed E-state index contributed by atoms with van der Waals surface area (Å²) in [4.78, 5) is 23.3. The van der Waals surface area contributed by atoms with E-state index in [0.29, 0.717) is 19.4 Å². The zero-order valence-electron chi connectivity index (χ0n) is 17.1. The highest BCUT2D eigenvalue weighted by Crippen LogP contribution is 2.10. The number of hydrogen-bond donors (Lipinski definition) is 0. The summed E-state index contributed by atoms with van der Waals surface area (Å²) in [6.07, 6.45) is 12.5. The van der Waals surface area contributed by atoms with Gasteiger partial charge in [0.05, 0.1) is 6.61 Å². The third-order valence-electron chi connectivity index (χ3n) is 4.22. The van der Waals surface area contributed by atoms with E-state index >= 15 is 0 Å². The molecule has 0 amide bonds. The van der Waals surface area contributed by atoms with Crippen molar-refractivity contribution in [2.45, 2.75) is 110 Å². The molecule has 0 rings (SSSR count). The van der Waals surface area contributed by atoms with Gasteiger partial charge in [0.2, 0.25) is 0 Å². The molecule has 4 nitrogen and oxygen atoms in total. The van der Waals surface area contributed by atoms with Crippen LogP contribution < -0.4 is 0 Å². The van der Waals surface area contributed by atoms with Gasteiger partial charge in [-0.15, -0.1) is 5.92 Å². The van der Waals surface area contributed by atoms with Gasteiger partial charge in [0.1, 0.15) is 0 Å². The number of carbonyl (C=O) groups excluding carboxylic acids is 2. The van der Waals surface area contributed by atoms with Crippen molar-refractivity contribution in [3.8, 4) is 11.8 Å². The molecule has 0 aliphatic carbocycles. The van der Waals surface area contributed by atoms with Gasteiger partial charge in [0.15, 0.2) is 6.10 Å². The molecule has 0 N–H and O–H groups in total. The molecule has 0 bridgehead atoms. The minimum absolute atomic E-state index is 0.224. The molecule has 0 spiro atoms. The van der Waals surface area contributed by atoms with Crippen molar-refractivity contribution >= 4 is 11.9 Å². The lowest BCUT2D eigenvalue weighted by Gasteiger charge is -2.10. The maximum absolute atomic E-state index is 11.7. The van der Waals surface area contributed by atoms with Crippen molar-refractivity contribution in [3.05, 3.63) is 0 Å². The Kier molecular flexibility index (Phi) is 17.2. The highest BCUT2D eigenvalue weighted by molar-refractivity contribution is 5.72. The van der Waals surface area contributed by atoms with Crippen molar-refractivity contribution in [2.75, 3.05) is 6.61 Å². The third-order valence-corrected chi connectivity index (χ3v) is 4.22. The van der Waals surface area contributed by atoms with Crippen LogP contribution >= 0.6 is 0 Å². The molecule has 0 aliphatic rings. The van der Waals surface area contributed by atoms with Gasteiger partial charge in [-0.1, -0.05) is 71.1 Å². The molecule has 0 fully saturated rings. The zero-order chi connectivity index (χ0) is 19.5. The largest absolute Gasteiger partial charge is 0.466 e. The van der Waals surface area contributed by atoms with Crippen molar-refractivity contribution in [3.63, 3.8) is 0 Å². The minimum atomic E-state index is -0.342. The molecule has 1 unspecified atom stereocenters. The summed E-state index contributed by atoms with van der Waals surface area (Å²) in [5.41, 5.74) is 0. The quantitative estimate of drug-likeness (QED) is 0.203. The van der Waals surface area contributed by atoms with E-state index in [0.717, 1.165) is 12.8 Å². The minimum Gasteiger partial charge on any atom is -0.466 e. The molecular formula is C22H38O4. The Balaban J connectivity index is 3.49. The van der Waals surface area contributed by atoms with Crippen LogP contribution in [0.3, 0.4) is 0 Å². The summed E-state index contributed by atoms with van der Waals surface area (Å²) in [5.74, 6) is 5.06. The average Bonchev–Trinajstić information content (AvgIpc) is 2.62. The topological polar surface area (TPSA) is 52.6 Å². The van der Waals surface area contributed by atoms with Crippen LogP contribution in [-0.4, -0.2) is 24.6 Å². The Bertz CT molecular complexity index is 420. The fraction of sp³-hybridized carbons (Fsp3) is 0.818. The molecule has 150 valence electrons. The Morgan fingerprint density at radius 3 is 1.96 bits per heavy atom. The number of rotatable bonds is 16. The maximum atomic E-state index is 11.7. The van der Waals surface area contributed by atoms with Crippen molar-refractivity contribution in [1.29, 1.82) is 0 Å². The summed E-state index contributed by atoms with van der Waals surface area (Å²) < 4.78 is 10.4. The Hall–Kier alpha value is -1.50. The Morgan fingerprint density at radius 2 is 1.38 bits per heavy atom.